The van der Waals surface area contributed by atoms with Gasteiger partial charge in [0.15, 0.2) is 0 Å². The molecular weight excluding hydrogens is 1400 g/mol. The molecule has 0 N–H and O–H groups in total. The molecule has 0 heterocycles. The lowest BCUT2D eigenvalue weighted by Crippen LogP contribution is -2.29. The lowest BCUT2D eigenvalue weighted by Gasteiger charge is -2.32. The fraction of sp³-hybridized carbons (Fsp3) is 1.00. The van der Waals surface area contributed by atoms with E-state index in [1.54, 1.807) is 0 Å². The topological polar surface area (TPSA) is 73.8 Å². The lowest BCUT2D eigenvalue weighted by molar-refractivity contribution is -0.00524. The first-order chi connectivity index (χ1) is 50.8. The average Bonchev–Trinajstić information content (AvgIpc) is 0.929. The van der Waals surface area contributed by atoms with Crippen molar-refractivity contribution < 1.29 is 37.9 Å². The van der Waals surface area contributed by atoms with Gasteiger partial charge in [-0.15, -0.1) is 0 Å². The van der Waals surface area contributed by atoms with E-state index in [2.05, 4.69) is 415 Å². The van der Waals surface area contributed by atoms with Gasteiger partial charge in [-0.2, -0.15) is 0 Å². The molecule has 0 rings (SSSR count). The number of ether oxygens (including phenoxy) is 8. The van der Waals surface area contributed by atoms with E-state index in [-0.39, 0.29) is 0 Å². The maximum Gasteiger partial charge on any atom is 0.0577 e. The molecule has 8 nitrogen and oxygen atoms in total. The molecule has 0 radical (unpaired) electrons. The molecule has 0 aliphatic carbocycles. The summed E-state index contributed by atoms with van der Waals surface area (Å²) >= 11 is 0. The molecule has 0 aliphatic heterocycles. The molecule has 114 heavy (non-hydrogen) atoms. The fourth-order valence-corrected chi connectivity index (χ4v) is 11.2. The van der Waals surface area contributed by atoms with Gasteiger partial charge >= 0.3 is 0 Å². The monoisotopic (exact) mass is 1630 g/mol. The van der Waals surface area contributed by atoms with E-state index in [4.69, 9.17) is 37.9 Å². The van der Waals surface area contributed by atoms with E-state index in [0.29, 0.717) is 150 Å². The van der Waals surface area contributed by atoms with Crippen LogP contribution in [0.4, 0.5) is 0 Å². The highest BCUT2D eigenvalue weighted by Gasteiger charge is 2.32. The van der Waals surface area contributed by atoms with Crippen molar-refractivity contribution >= 4 is 0 Å². The molecule has 0 saturated heterocycles. The zero-order chi connectivity index (χ0) is 93.5. The molecule has 8 heteroatoms. The van der Waals surface area contributed by atoms with Gasteiger partial charge in [0.05, 0.1) is 48.8 Å². The Kier molecular flexibility index (Phi) is 80.2. The quantitative estimate of drug-likeness (QED) is 0.0631. The van der Waals surface area contributed by atoms with Crippen LogP contribution in [0.3, 0.4) is 0 Å². The minimum atomic E-state index is 0.354. The van der Waals surface area contributed by atoms with Gasteiger partial charge in [0.1, 0.15) is 0 Å². The smallest absolute Gasteiger partial charge is 0.0577 e. The summed E-state index contributed by atoms with van der Waals surface area (Å²) < 4.78 is 45.4. The molecular formula is C106H232O8. The highest BCUT2D eigenvalue weighted by molar-refractivity contribution is 4.82. The standard InChI is InChI=1S/8C11H24O.2C9H20/c8*1-7-8-12-10(3)9(2)11(4,5)6;2*1-7(2)8(3)9(4,5)6/h8*9-10H,7-8H2,1-6H3;2*7-8H,1-6H3/t4*9-,10+;4*9-,10-;2*8-/m1100110000/s1. The molecule has 0 fully saturated rings. The van der Waals surface area contributed by atoms with Gasteiger partial charge in [-0.05, 0) is 232 Å². The molecule has 0 aliphatic rings. The van der Waals surface area contributed by atoms with Crippen LogP contribution in [0.15, 0.2) is 0 Å². The third kappa shape index (κ3) is 78.9. The Morgan fingerprint density at radius 2 is 0.202 bits per heavy atom. The first-order valence-electron chi connectivity index (χ1n) is 47.8. The summed E-state index contributed by atoms with van der Waals surface area (Å²) in [4.78, 5) is 0. The molecule has 0 bridgehead atoms. The summed E-state index contributed by atoms with van der Waals surface area (Å²) in [7, 11) is 0. The van der Waals surface area contributed by atoms with Crippen molar-refractivity contribution in [3.05, 3.63) is 0 Å². The van der Waals surface area contributed by atoms with Gasteiger partial charge in [0.2, 0.25) is 0 Å². The normalized spacial score (nSPS) is 17.3. The summed E-state index contributed by atoms with van der Waals surface area (Å²) in [5.41, 5.74) is 3.80. The van der Waals surface area contributed by atoms with Crippen LogP contribution in [-0.2, 0) is 37.9 Å². The van der Waals surface area contributed by atoms with Crippen molar-refractivity contribution in [2.24, 2.45) is 125 Å². The minimum Gasteiger partial charge on any atom is -0.378 e. The van der Waals surface area contributed by atoms with Crippen LogP contribution in [0.1, 0.15) is 467 Å². The summed E-state index contributed by atoms with van der Waals surface area (Å²) in [6, 6.07) is 0. The average molecular weight is 1640 g/mol. The predicted molar refractivity (Wildman–Crippen MR) is 522 cm³/mol. The largest absolute Gasteiger partial charge is 0.378 e. The van der Waals surface area contributed by atoms with E-state index < -0.39 is 0 Å². The summed E-state index contributed by atoms with van der Waals surface area (Å²) in [6.45, 7) is 142. The Hall–Kier alpha value is -0.320. The van der Waals surface area contributed by atoms with Crippen LogP contribution in [-0.4, -0.2) is 102 Å². The van der Waals surface area contributed by atoms with Gasteiger partial charge in [0.25, 0.3) is 0 Å². The molecule has 0 aromatic carbocycles. The molecule has 0 unspecified atom stereocenters. The van der Waals surface area contributed by atoms with E-state index in [1.165, 1.54) is 0 Å². The van der Waals surface area contributed by atoms with Gasteiger partial charge < -0.3 is 37.9 Å². The number of hydrogen-bond acceptors (Lipinski definition) is 8. The molecule has 704 valence electrons. The van der Waals surface area contributed by atoms with Crippen LogP contribution in [0.25, 0.3) is 0 Å². The highest BCUT2D eigenvalue weighted by Crippen LogP contribution is 2.37. The third-order valence-electron chi connectivity index (χ3n) is 26.0. The minimum absolute atomic E-state index is 0.354. The second kappa shape index (κ2) is 68.1. The van der Waals surface area contributed by atoms with E-state index in [0.717, 1.165) is 128 Å². The molecule has 0 saturated carbocycles. The second-order valence-corrected chi connectivity index (χ2v) is 46.6. The van der Waals surface area contributed by atoms with Crippen LogP contribution in [0.2, 0.25) is 0 Å². The number of rotatable bonds is 34. The van der Waals surface area contributed by atoms with E-state index in [9.17, 15) is 0 Å². The Labute approximate surface area is 727 Å². The highest BCUT2D eigenvalue weighted by atomic mass is 16.5. The summed E-state index contributed by atoms with van der Waals surface area (Å²) in [5, 5.41) is 0. The fourth-order valence-electron chi connectivity index (χ4n) is 11.2. The van der Waals surface area contributed by atoms with Crippen molar-refractivity contribution in [1.29, 1.82) is 0 Å². The van der Waals surface area contributed by atoms with E-state index in [1.807, 2.05) is 0 Å². The van der Waals surface area contributed by atoms with Crippen LogP contribution < -0.4 is 0 Å². The van der Waals surface area contributed by atoms with E-state index >= 15 is 0 Å². The SMILES string of the molecule is CC(C)[C@H](C)C(C)(C)C.CC(C)[C@H](C)C(C)(C)C.CCCO[C@@H](C)[C@@H](C)C(C)(C)C.CCCO[C@@H](C)[C@@H](C)C(C)(C)C.CCCO[C@@H](C)[C@H](C)C(C)(C)C.CCCO[C@@H](C)[C@H](C)C(C)(C)C.CCCO[C@H](C)[C@@H](C)C(C)(C)C.CCCO[C@H](C)[C@@H](C)C(C)(C)C.CCCO[C@H](C)[C@H](C)C(C)(C)C.CCCO[C@H](C)[C@H](C)C(C)(C)C. The first kappa shape index (κ1) is 134. The van der Waals surface area contributed by atoms with Crippen molar-refractivity contribution in [1.82, 2.24) is 0 Å². The summed E-state index contributed by atoms with van der Waals surface area (Å²) in [6.07, 6.45) is 11.9. The van der Waals surface area contributed by atoms with Gasteiger partial charge in [-0.25, -0.2) is 0 Å². The Bertz CT molecular complexity index is 1620. The number of hydrogen-bond donors (Lipinski definition) is 0. The zero-order valence-corrected chi connectivity index (χ0v) is 91.1. The first-order valence-corrected chi connectivity index (χ1v) is 47.8. The predicted octanol–water partition coefficient (Wildman–Crippen LogP) is 34.5. The molecule has 0 aromatic rings. The Morgan fingerprint density at radius 3 is 0.237 bits per heavy atom. The van der Waals surface area contributed by atoms with Crippen molar-refractivity contribution in [3.8, 4) is 0 Å². The molecule has 18 atom stereocenters. The maximum absolute atomic E-state index is 5.68. The second-order valence-electron chi connectivity index (χ2n) is 46.6. The zero-order valence-electron chi connectivity index (χ0n) is 91.1. The Morgan fingerprint density at radius 1 is 0.132 bits per heavy atom. The molecule has 0 spiro atoms. The summed E-state index contributed by atoms with van der Waals surface area (Å²) in [5.74, 6) is 8.17. The van der Waals surface area contributed by atoms with Crippen molar-refractivity contribution in [3.63, 3.8) is 0 Å². The van der Waals surface area contributed by atoms with Crippen LogP contribution in [0, 0.1) is 125 Å². The van der Waals surface area contributed by atoms with Crippen molar-refractivity contribution in [2.45, 2.75) is 516 Å². The third-order valence-corrected chi connectivity index (χ3v) is 26.0. The maximum atomic E-state index is 5.68. The van der Waals surface area contributed by atoms with Crippen LogP contribution in [0.5, 0.6) is 0 Å². The van der Waals surface area contributed by atoms with Crippen molar-refractivity contribution in [2.75, 3.05) is 52.9 Å². The Balaban J connectivity index is -0.000000132. The molecule has 0 aromatic heterocycles. The van der Waals surface area contributed by atoms with Gasteiger partial charge in [-0.1, -0.05) is 360 Å². The molecule has 0 amide bonds. The van der Waals surface area contributed by atoms with Crippen LogP contribution >= 0.6 is 0 Å². The van der Waals surface area contributed by atoms with Gasteiger partial charge in [0, 0.05) is 52.9 Å². The lowest BCUT2D eigenvalue weighted by atomic mass is 9.76. The van der Waals surface area contributed by atoms with Gasteiger partial charge in [-0.3, -0.25) is 0 Å².